The first-order valence-corrected chi connectivity index (χ1v) is 7.08. The summed E-state index contributed by atoms with van der Waals surface area (Å²) in [6.07, 6.45) is 3.43. The molecule has 0 aliphatic heterocycles. The number of hydrogen-bond donors (Lipinski definition) is 1. The Balaban J connectivity index is 2.14. The van der Waals surface area contributed by atoms with Crippen molar-refractivity contribution in [3.05, 3.63) is 29.6 Å². The van der Waals surface area contributed by atoms with Gasteiger partial charge in [0.1, 0.15) is 5.82 Å². The highest BCUT2D eigenvalue weighted by atomic mass is 15.1. The van der Waals surface area contributed by atoms with Crippen molar-refractivity contribution >= 4 is 11.0 Å². The van der Waals surface area contributed by atoms with Crippen molar-refractivity contribution in [1.29, 1.82) is 0 Å². The number of fused-ring (bicyclic) bond motifs is 1. The van der Waals surface area contributed by atoms with Crippen molar-refractivity contribution in [2.45, 2.75) is 51.0 Å². The molecule has 0 saturated heterocycles. The van der Waals surface area contributed by atoms with E-state index in [-0.39, 0.29) is 11.0 Å². The molecule has 2 aromatic rings. The second-order valence-electron chi connectivity index (χ2n) is 6.96. The first-order chi connectivity index (χ1) is 8.81. The van der Waals surface area contributed by atoms with E-state index in [1.807, 2.05) is 0 Å². The van der Waals surface area contributed by atoms with Gasteiger partial charge in [0.25, 0.3) is 0 Å². The Labute approximate surface area is 114 Å². The minimum Gasteiger partial charge on any atom is -0.331 e. The van der Waals surface area contributed by atoms with E-state index < -0.39 is 0 Å². The lowest BCUT2D eigenvalue weighted by atomic mass is 9.73. The van der Waals surface area contributed by atoms with E-state index in [2.05, 4.69) is 50.6 Å². The molecule has 102 valence electrons. The molecule has 0 amide bonds. The van der Waals surface area contributed by atoms with E-state index in [9.17, 15) is 0 Å². The molecule has 1 aliphatic carbocycles. The zero-order valence-corrected chi connectivity index (χ0v) is 12.3. The largest absolute Gasteiger partial charge is 0.331 e. The fourth-order valence-electron chi connectivity index (χ4n) is 3.03. The SMILES string of the molecule is Cn1c(C(C)(C)C)nc2cc(C3(N)CCC3)ccc21. The number of imidazole rings is 1. The zero-order chi connectivity index (χ0) is 13.8. The Hall–Kier alpha value is -1.35. The molecule has 0 atom stereocenters. The second kappa shape index (κ2) is 3.83. The van der Waals surface area contributed by atoms with Gasteiger partial charge in [0.05, 0.1) is 11.0 Å². The molecule has 1 aromatic heterocycles. The summed E-state index contributed by atoms with van der Waals surface area (Å²) in [5.74, 6) is 1.12. The summed E-state index contributed by atoms with van der Waals surface area (Å²) in [5.41, 5.74) is 9.87. The molecule has 0 radical (unpaired) electrons. The van der Waals surface area contributed by atoms with E-state index in [1.165, 1.54) is 17.5 Å². The lowest BCUT2D eigenvalue weighted by Crippen LogP contribution is -2.43. The molecular formula is C16H23N3. The minimum atomic E-state index is -0.104. The monoisotopic (exact) mass is 257 g/mol. The first-order valence-electron chi connectivity index (χ1n) is 7.08. The van der Waals surface area contributed by atoms with Crippen LogP contribution < -0.4 is 5.73 Å². The second-order valence-corrected chi connectivity index (χ2v) is 6.96. The molecule has 2 N–H and O–H groups in total. The van der Waals surface area contributed by atoms with Gasteiger partial charge in [-0.25, -0.2) is 4.98 Å². The number of hydrogen-bond acceptors (Lipinski definition) is 2. The van der Waals surface area contributed by atoms with E-state index in [0.29, 0.717) is 0 Å². The van der Waals surface area contributed by atoms with Gasteiger partial charge in [0.2, 0.25) is 0 Å². The lowest BCUT2D eigenvalue weighted by molar-refractivity contribution is 0.254. The van der Waals surface area contributed by atoms with E-state index in [0.717, 1.165) is 24.2 Å². The molecule has 1 aromatic carbocycles. The van der Waals surface area contributed by atoms with Crippen molar-refractivity contribution in [2.75, 3.05) is 0 Å². The van der Waals surface area contributed by atoms with Crippen LogP contribution >= 0.6 is 0 Å². The average Bonchev–Trinajstić information content (AvgIpc) is 2.63. The normalized spacial score (nSPS) is 18.6. The molecule has 3 heteroatoms. The minimum absolute atomic E-state index is 0.0603. The average molecular weight is 257 g/mol. The topological polar surface area (TPSA) is 43.8 Å². The van der Waals surface area contributed by atoms with Gasteiger partial charge in [-0.05, 0) is 37.0 Å². The van der Waals surface area contributed by atoms with Crippen molar-refractivity contribution < 1.29 is 0 Å². The third-order valence-corrected chi connectivity index (χ3v) is 4.37. The standard InChI is InChI=1S/C16H23N3/c1-15(2,3)14-18-12-10-11(16(17)8-5-9-16)6-7-13(12)19(14)4/h6-7,10H,5,8-9,17H2,1-4H3. The van der Waals surface area contributed by atoms with E-state index in [4.69, 9.17) is 10.7 Å². The Morgan fingerprint density at radius 3 is 2.47 bits per heavy atom. The van der Waals surface area contributed by atoms with Crippen LogP contribution in [0.15, 0.2) is 18.2 Å². The van der Waals surface area contributed by atoms with Crippen molar-refractivity contribution in [3.63, 3.8) is 0 Å². The fraction of sp³-hybridized carbons (Fsp3) is 0.562. The molecular weight excluding hydrogens is 234 g/mol. The molecule has 0 bridgehead atoms. The molecule has 1 aliphatic rings. The number of nitrogens with zero attached hydrogens (tertiary/aromatic N) is 2. The maximum Gasteiger partial charge on any atom is 0.115 e. The molecule has 3 nitrogen and oxygen atoms in total. The van der Waals surface area contributed by atoms with Crippen molar-refractivity contribution in [3.8, 4) is 0 Å². The fourth-order valence-corrected chi connectivity index (χ4v) is 3.03. The van der Waals surface area contributed by atoms with Crippen LogP contribution in [0.25, 0.3) is 11.0 Å². The highest BCUT2D eigenvalue weighted by Crippen LogP contribution is 2.39. The molecule has 1 saturated carbocycles. The number of benzene rings is 1. The van der Waals surface area contributed by atoms with Gasteiger partial charge in [-0.1, -0.05) is 26.8 Å². The summed E-state index contributed by atoms with van der Waals surface area (Å²) in [4.78, 5) is 4.82. The van der Waals surface area contributed by atoms with Gasteiger partial charge in [0.15, 0.2) is 0 Å². The van der Waals surface area contributed by atoms with Crippen molar-refractivity contribution in [2.24, 2.45) is 12.8 Å². The number of aryl methyl sites for hydroxylation is 1. The Morgan fingerprint density at radius 2 is 1.95 bits per heavy atom. The van der Waals surface area contributed by atoms with Crippen LogP contribution in [-0.4, -0.2) is 9.55 Å². The molecule has 1 fully saturated rings. The Kier molecular flexibility index (Phi) is 2.55. The third-order valence-electron chi connectivity index (χ3n) is 4.37. The number of aromatic nitrogens is 2. The molecule has 1 heterocycles. The van der Waals surface area contributed by atoms with E-state index in [1.54, 1.807) is 0 Å². The van der Waals surface area contributed by atoms with Gasteiger partial charge < -0.3 is 10.3 Å². The smallest absolute Gasteiger partial charge is 0.115 e. The predicted molar refractivity (Wildman–Crippen MR) is 79.1 cm³/mol. The van der Waals surface area contributed by atoms with Gasteiger partial charge in [-0.15, -0.1) is 0 Å². The summed E-state index contributed by atoms with van der Waals surface area (Å²) in [7, 11) is 2.09. The molecule has 0 unspecified atom stereocenters. The van der Waals surface area contributed by atoms with Crippen LogP contribution in [0.2, 0.25) is 0 Å². The number of rotatable bonds is 1. The maximum atomic E-state index is 6.41. The van der Waals surface area contributed by atoms with Crippen LogP contribution in [-0.2, 0) is 18.0 Å². The van der Waals surface area contributed by atoms with Gasteiger partial charge in [0, 0.05) is 18.0 Å². The summed E-state index contributed by atoms with van der Waals surface area (Å²) in [6, 6.07) is 6.53. The van der Waals surface area contributed by atoms with Gasteiger partial charge in [-0.2, -0.15) is 0 Å². The zero-order valence-electron chi connectivity index (χ0n) is 12.3. The van der Waals surface area contributed by atoms with Crippen LogP contribution in [0, 0.1) is 0 Å². The van der Waals surface area contributed by atoms with Crippen LogP contribution in [0.5, 0.6) is 0 Å². The Morgan fingerprint density at radius 1 is 1.26 bits per heavy atom. The predicted octanol–water partition coefficient (Wildman–Crippen LogP) is 3.21. The first kappa shape index (κ1) is 12.7. The summed E-state index contributed by atoms with van der Waals surface area (Å²) in [6.45, 7) is 6.60. The van der Waals surface area contributed by atoms with Crippen LogP contribution in [0.4, 0.5) is 0 Å². The van der Waals surface area contributed by atoms with Crippen LogP contribution in [0.3, 0.4) is 0 Å². The number of nitrogens with two attached hydrogens (primary N) is 1. The summed E-state index contributed by atoms with van der Waals surface area (Å²) < 4.78 is 2.20. The van der Waals surface area contributed by atoms with Gasteiger partial charge in [-0.3, -0.25) is 0 Å². The third kappa shape index (κ3) is 1.88. The summed E-state index contributed by atoms with van der Waals surface area (Å²) >= 11 is 0. The van der Waals surface area contributed by atoms with Crippen molar-refractivity contribution in [1.82, 2.24) is 9.55 Å². The lowest BCUT2D eigenvalue weighted by Gasteiger charge is -2.38. The highest BCUT2D eigenvalue weighted by molar-refractivity contribution is 5.77. The summed E-state index contributed by atoms with van der Waals surface area (Å²) in [5, 5.41) is 0. The highest BCUT2D eigenvalue weighted by Gasteiger charge is 2.34. The van der Waals surface area contributed by atoms with Crippen LogP contribution in [0.1, 0.15) is 51.4 Å². The van der Waals surface area contributed by atoms with Gasteiger partial charge >= 0.3 is 0 Å². The molecule has 3 rings (SSSR count). The molecule has 0 spiro atoms. The Bertz CT molecular complexity index is 627. The molecule has 19 heavy (non-hydrogen) atoms. The maximum absolute atomic E-state index is 6.41. The van der Waals surface area contributed by atoms with E-state index >= 15 is 0 Å². The quantitative estimate of drug-likeness (QED) is 0.852.